The van der Waals surface area contributed by atoms with E-state index in [0.29, 0.717) is 6.61 Å². The summed E-state index contributed by atoms with van der Waals surface area (Å²) in [4.78, 5) is 11.3. The summed E-state index contributed by atoms with van der Waals surface area (Å²) in [6, 6.07) is 0. The van der Waals surface area contributed by atoms with Crippen LogP contribution < -0.4 is 5.73 Å². The summed E-state index contributed by atoms with van der Waals surface area (Å²) in [5.41, 5.74) is 4.77. The molecule has 3 heteroatoms. The minimum Gasteiger partial charge on any atom is -0.367 e. The minimum atomic E-state index is -0.611. The van der Waals surface area contributed by atoms with Crippen LogP contribution in [0.5, 0.6) is 0 Å². The number of epoxide rings is 1. The highest BCUT2D eigenvalue weighted by atomic mass is 16.6. The van der Waals surface area contributed by atoms with E-state index in [1.54, 1.807) is 0 Å². The zero-order valence-corrected chi connectivity index (χ0v) is 12.7. The number of ether oxygens (including phenoxy) is 1. The van der Waals surface area contributed by atoms with Gasteiger partial charge in [0.05, 0.1) is 6.61 Å². The van der Waals surface area contributed by atoms with Gasteiger partial charge in [0, 0.05) is 0 Å². The molecule has 1 aliphatic rings. The Morgan fingerprint density at radius 1 is 1.11 bits per heavy atom. The molecule has 0 radical (unpaired) electrons. The highest BCUT2D eigenvalue weighted by molar-refractivity contribution is 5.86. The van der Waals surface area contributed by atoms with Crippen molar-refractivity contribution in [3.8, 4) is 0 Å². The van der Waals surface area contributed by atoms with Crippen LogP contribution in [0.2, 0.25) is 0 Å². The fourth-order valence-electron chi connectivity index (χ4n) is 2.74. The zero-order chi connectivity index (χ0) is 14.1. The molecule has 0 bridgehead atoms. The number of rotatable bonds is 12. The number of hydrogen-bond donors (Lipinski definition) is 1. The Morgan fingerprint density at radius 3 is 2.00 bits per heavy atom. The topological polar surface area (TPSA) is 55.6 Å². The van der Waals surface area contributed by atoms with Crippen LogP contribution in [-0.2, 0) is 9.53 Å². The molecule has 0 spiro atoms. The van der Waals surface area contributed by atoms with Crippen LogP contribution in [0.25, 0.3) is 0 Å². The van der Waals surface area contributed by atoms with E-state index in [0.717, 1.165) is 6.42 Å². The second-order valence-corrected chi connectivity index (χ2v) is 6.06. The first kappa shape index (κ1) is 16.5. The van der Waals surface area contributed by atoms with Crippen molar-refractivity contribution >= 4 is 5.91 Å². The van der Waals surface area contributed by atoms with Gasteiger partial charge < -0.3 is 10.5 Å². The van der Waals surface area contributed by atoms with Crippen LogP contribution in [0.4, 0.5) is 0 Å². The Kier molecular flexibility index (Phi) is 7.44. The van der Waals surface area contributed by atoms with Gasteiger partial charge in [-0.3, -0.25) is 4.79 Å². The summed E-state index contributed by atoms with van der Waals surface area (Å²) in [5.74, 6) is -0.00882. The molecule has 1 amide bonds. The normalized spacial score (nSPS) is 23.3. The van der Waals surface area contributed by atoms with E-state index in [9.17, 15) is 4.79 Å². The van der Waals surface area contributed by atoms with E-state index in [1.165, 1.54) is 57.8 Å². The summed E-state index contributed by atoms with van der Waals surface area (Å²) in [5, 5.41) is 0. The first-order valence-electron chi connectivity index (χ1n) is 8.07. The highest BCUT2D eigenvalue weighted by Gasteiger charge is 2.54. The predicted molar refractivity (Wildman–Crippen MR) is 78.9 cm³/mol. The molecule has 0 aromatic heterocycles. The third-order valence-corrected chi connectivity index (χ3v) is 4.41. The summed E-state index contributed by atoms with van der Waals surface area (Å²) < 4.78 is 5.28. The zero-order valence-electron chi connectivity index (χ0n) is 12.7. The molecular weight excluding hydrogens is 238 g/mol. The van der Waals surface area contributed by atoms with Crippen LogP contribution in [0.15, 0.2) is 0 Å². The van der Waals surface area contributed by atoms with E-state index < -0.39 is 5.60 Å². The van der Waals surface area contributed by atoms with Crippen molar-refractivity contribution in [1.82, 2.24) is 0 Å². The van der Waals surface area contributed by atoms with E-state index in [-0.39, 0.29) is 11.8 Å². The molecule has 2 unspecified atom stereocenters. The maximum absolute atomic E-state index is 11.3. The van der Waals surface area contributed by atoms with E-state index in [1.807, 2.05) is 0 Å². The van der Waals surface area contributed by atoms with Gasteiger partial charge in [0.25, 0.3) is 5.91 Å². The molecule has 0 aromatic rings. The molecule has 1 fully saturated rings. The number of primary amides is 1. The second kappa shape index (κ2) is 8.57. The van der Waals surface area contributed by atoms with Crippen molar-refractivity contribution in [2.24, 2.45) is 11.7 Å². The lowest BCUT2D eigenvalue weighted by Crippen LogP contribution is -2.37. The highest BCUT2D eigenvalue weighted by Crippen LogP contribution is 2.37. The molecule has 1 rings (SSSR count). The van der Waals surface area contributed by atoms with E-state index >= 15 is 0 Å². The molecule has 2 N–H and O–H groups in total. The number of hydrogen-bond acceptors (Lipinski definition) is 2. The van der Waals surface area contributed by atoms with Crippen molar-refractivity contribution in [1.29, 1.82) is 0 Å². The quantitative estimate of drug-likeness (QED) is 0.433. The van der Waals surface area contributed by atoms with Crippen LogP contribution in [0.3, 0.4) is 0 Å². The summed E-state index contributed by atoms with van der Waals surface area (Å²) >= 11 is 0. The molecule has 1 aliphatic heterocycles. The maximum atomic E-state index is 11.3. The van der Waals surface area contributed by atoms with Gasteiger partial charge in [-0.15, -0.1) is 0 Å². The molecule has 2 atom stereocenters. The van der Waals surface area contributed by atoms with Gasteiger partial charge in [-0.1, -0.05) is 71.6 Å². The Balaban J connectivity index is 1.92. The third kappa shape index (κ3) is 5.52. The Labute approximate surface area is 118 Å². The molecule has 112 valence electrons. The van der Waals surface area contributed by atoms with Crippen molar-refractivity contribution in [3.05, 3.63) is 0 Å². The first-order valence-corrected chi connectivity index (χ1v) is 8.07. The molecule has 0 aliphatic carbocycles. The number of carbonyl (C=O) groups is 1. The Hall–Kier alpha value is -0.570. The van der Waals surface area contributed by atoms with Crippen LogP contribution in [-0.4, -0.2) is 18.1 Å². The molecule has 1 heterocycles. The molecule has 0 saturated carbocycles. The monoisotopic (exact) mass is 269 g/mol. The summed E-state index contributed by atoms with van der Waals surface area (Å²) in [6.45, 7) is 4.87. The van der Waals surface area contributed by atoms with Crippen molar-refractivity contribution in [2.45, 2.75) is 83.7 Å². The Morgan fingerprint density at radius 2 is 1.58 bits per heavy atom. The Bertz CT molecular complexity index is 261. The van der Waals surface area contributed by atoms with E-state index in [2.05, 4.69) is 13.8 Å². The molecule has 3 nitrogen and oxygen atoms in total. The van der Waals surface area contributed by atoms with Gasteiger partial charge in [0.2, 0.25) is 0 Å². The number of nitrogens with two attached hydrogens (primary N) is 1. The lowest BCUT2D eigenvalue weighted by molar-refractivity contribution is -0.124. The van der Waals surface area contributed by atoms with Gasteiger partial charge in [-0.25, -0.2) is 0 Å². The van der Waals surface area contributed by atoms with Gasteiger partial charge in [-0.05, 0) is 12.3 Å². The van der Waals surface area contributed by atoms with Gasteiger partial charge in [0.1, 0.15) is 0 Å². The average Bonchev–Trinajstić information content (AvgIpc) is 3.18. The van der Waals surface area contributed by atoms with Gasteiger partial charge in [0.15, 0.2) is 5.60 Å². The fourth-order valence-corrected chi connectivity index (χ4v) is 2.74. The molecular formula is C16H31NO2. The van der Waals surface area contributed by atoms with Crippen molar-refractivity contribution in [3.63, 3.8) is 0 Å². The third-order valence-electron chi connectivity index (χ3n) is 4.41. The lowest BCUT2D eigenvalue weighted by Gasteiger charge is -2.16. The van der Waals surface area contributed by atoms with Crippen LogP contribution >= 0.6 is 0 Å². The van der Waals surface area contributed by atoms with Crippen LogP contribution in [0, 0.1) is 5.92 Å². The fraction of sp³-hybridized carbons (Fsp3) is 0.938. The summed E-state index contributed by atoms with van der Waals surface area (Å²) in [6.07, 6.45) is 13.1. The largest absolute Gasteiger partial charge is 0.367 e. The first-order chi connectivity index (χ1) is 9.13. The molecule has 0 aromatic carbocycles. The van der Waals surface area contributed by atoms with Crippen molar-refractivity contribution < 1.29 is 9.53 Å². The number of unbranched alkanes of at least 4 members (excludes halogenated alkanes) is 8. The van der Waals surface area contributed by atoms with E-state index in [4.69, 9.17) is 10.5 Å². The SMILES string of the molecule is CCCCCCCCCCCC(C)C1(C(N)=O)CO1. The van der Waals surface area contributed by atoms with Crippen molar-refractivity contribution in [2.75, 3.05) is 6.61 Å². The minimum absolute atomic E-state index is 0.273. The van der Waals surface area contributed by atoms with Gasteiger partial charge >= 0.3 is 0 Å². The summed E-state index contributed by atoms with van der Waals surface area (Å²) in [7, 11) is 0. The predicted octanol–water partition coefficient (Wildman–Crippen LogP) is 3.80. The van der Waals surface area contributed by atoms with Gasteiger partial charge in [-0.2, -0.15) is 0 Å². The number of carbonyl (C=O) groups excluding carboxylic acids is 1. The molecule has 19 heavy (non-hydrogen) atoms. The second-order valence-electron chi connectivity index (χ2n) is 6.06. The number of amides is 1. The smallest absolute Gasteiger partial charge is 0.252 e. The van der Waals surface area contributed by atoms with Crippen LogP contribution in [0.1, 0.15) is 78.1 Å². The standard InChI is InChI=1S/C16H31NO2/c1-3-4-5-6-7-8-9-10-11-12-14(2)16(13-19-16)15(17)18/h14H,3-13H2,1-2H3,(H2,17,18). The maximum Gasteiger partial charge on any atom is 0.252 e. The lowest BCUT2D eigenvalue weighted by atomic mass is 9.89. The molecule has 1 saturated heterocycles. The average molecular weight is 269 g/mol.